The second-order valence-electron chi connectivity index (χ2n) is 3.99. The smallest absolute Gasteiger partial charge is 0.436 e. The van der Waals surface area contributed by atoms with E-state index in [0.29, 0.717) is 11.3 Å². The van der Waals surface area contributed by atoms with Gasteiger partial charge in [-0.1, -0.05) is 13.3 Å². The van der Waals surface area contributed by atoms with E-state index in [4.69, 9.17) is 4.74 Å². The van der Waals surface area contributed by atoms with Gasteiger partial charge in [-0.25, -0.2) is 9.59 Å². The van der Waals surface area contributed by atoms with Crippen LogP contribution in [0.1, 0.15) is 19.8 Å². The summed E-state index contributed by atoms with van der Waals surface area (Å²) in [5.41, 5.74) is -0.410. The summed E-state index contributed by atoms with van der Waals surface area (Å²) in [6.45, 7) is 2.37. The van der Waals surface area contributed by atoms with Crippen LogP contribution in [-0.2, 0) is 9.47 Å². The molecule has 10 heteroatoms. The van der Waals surface area contributed by atoms with Crippen molar-refractivity contribution in [2.45, 2.75) is 19.8 Å². The molecule has 0 unspecified atom stereocenters. The number of ether oxygens (including phenoxy) is 3. The standard InChI is InChI=1S/C12H18N4O6/c1-4-5-6-22-9-7-8(13-11(17)20-2)16(19)10(14-9)15-12(18)21-3/h7,19H,4-6H2,1-3H3,(H,13,17). The first-order chi connectivity index (χ1) is 10.5. The van der Waals surface area contributed by atoms with E-state index in [1.807, 2.05) is 6.92 Å². The number of hydrogen-bond donors (Lipinski definition) is 2. The van der Waals surface area contributed by atoms with Crippen molar-refractivity contribution in [3.8, 4) is 5.88 Å². The molecule has 0 bridgehead atoms. The summed E-state index contributed by atoms with van der Waals surface area (Å²) in [6.07, 6.45) is -0.0825. The van der Waals surface area contributed by atoms with E-state index < -0.39 is 17.8 Å². The molecule has 0 aliphatic heterocycles. The largest absolute Gasteiger partial charge is 0.477 e. The van der Waals surface area contributed by atoms with Crippen molar-refractivity contribution < 1.29 is 29.0 Å². The van der Waals surface area contributed by atoms with Gasteiger partial charge in [-0.2, -0.15) is 4.98 Å². The fourth-order valence-corrected chi connectivity index (χ4v) is 1.30. The Morgan fingerprint density at radius 3 is 2.73 bits per heavy atom. The molecule has 2 N–H and O–H groups in total. The maximum absolute atomic E-state index is 11.3. The Kier molecular flexibility index (Phi) is 6.67. The minimum atomic E-state index is -0.968. The summed E-state index contributed by atoms with van der Waals surface area (Å²) in [6, 6.07) is 1.27. The number of nitrogens with one attached hydrogen (secondary N) is 1. The highest BCUT2D eigenvalue weighted by atomic mass is 16.5. The highest BCUT2D eigenvalue weighted by Gasteiger charge is 2.12. The van der Waals surface area contributed by atoms with Crippen LogP contribution in [0.5, 0.6) is 5.88 Å². The average molecular weight is 314 g/mol. The molecule has 0 atom stereocenters. The van der Waals surface area contributed by atoms with Gasteiger partial charge in [-0.15, -0.1) is 9.72 Å². The van der Waals surface area contributed by atoms with Crippen LogP contribution in [0.3, 0.4) is 0 Å². The number of hydrogen-bond acceptors (Lipinski definition) is 7. The Labute approximate surface area is 126 Å². The zero-order valence-corrected chi connectivity index (χ0v) is 12.5. The predicted molar refractivity (Wildman–Crippen MR) is 73.8 cm³/mol. The summed E-state index contributed by atoms with van der Waals surface area (Å²) in [5, 5.41) is 12.1. The first kappa shape index (κ1) is 17.3. The van der Waals surface area contributed by atoms with E-state index in [1.54, 1.807) is 0 Å². The van der Waals surface area contributed by atoms with Crippen molar-refractivity contribution in [3.63, 3.8) is 0 Å². The van der Waals surface area contributed by atoms with E-state index in [-0.39, 0.29) is 11.7 Å². The SMILES string of the molecule is CCCCOc1cc(NC(=O)OC)n(O)c(=NC(=O)OC)n1. The number of anilines is 1. The Morgan fingerprint density at radius 2 is 2.14 bits per heavy atom. The molecule has 1 aromatic heterocycles. The van der Waals surface area contributed by atoms with Crippen LogP contribution in [0.15, 0.2) is 11.1 Å². The van der Waals surface area contributed by atoms with Crippen LogP contribution in [0.2, 0.25) is 0 Å². The molecule has 1 heterocycles. The van der Waals surface area contributed by atoms with Crippen molar-refractivity contribution in [1.82, 2.24) is 9.71 Å². The average Bonchev–Trinajstić information content (AvgIpc) is 2.51. The fourth-order valence-electron chi connectivity index (χ4n) is 1.30. The third kappa shape index (κ3) is 4.96. The second-order valence-corrected chi connectivity index (χ2v) is 3.99. The molecule has 0 aliphatic carbocycles. The van der Waals surface area contributed by atoms with Crippen molar-refractivity contribution in [2.24, 2.45) is 4.99 Å². The Balaban J connectivity index is 3.21. The van der Waals surface area contributed by atoms with Crippen LogP contribution in [0.25, 0.3) is 0 Å². The molecule has 0 fully saturated rings. The lowest BCUT2D eigenvalue weighted by Crippen LogP contribution is -2.29. The van der Waals surface area contributed by atoms with E-state index in [2.05, 4.69) is 24.8 Å². The second kappa shape index (κ2) is 8.49. The molecule has 2 amide bonds. The topological polar surface area (TPSA) is 124 Å². The number of carbonyl (C=O) groups is 2. The Morgan fingerprint density at radius 1 is 1.41 bits per heavy atom. The van der Waals surface area contributed by atoms with Crippen molar-refractivity contribution in [2.75, 3.05) is 26.1 Å². The van der Waals surface area contributed by atoms with Crippen molar-refractivity contribution in [3.05, 3.63) is 11.7 Å². The van der Waals surface area contributed by atoms with Gasteiger partial charge in [-0.3, -0.25) is 5.32 Å². The number of carbonyl (C=O) groups excluding carboxylic acids is 2. The minimum Gasteiger partial charge on any atom is -0.477 e. The molecule has 122 valence electrons. The van der Waals surface area contributed by atoms with Crippen LogP contribution < -0.4 is 15.7 Å². The molecule has 0 aliphatic rings. The van der Waals surface area contributed by atoms with E-state index in [1.165, 1.54) is 6.07 Å². The van der Waals surface area contributed by atoms with Crippen LogP contribution in [0.4, 0.5) is 15.4 Å². The lowest BCUT2D eigenvalue weighted by molar-refractivity contribution is 0.158. The van der Waals surface area contributed by atoms with Gasteiger partial charge < -0.3 is 19.4 Å². The van der Waals surface area contributed by atoms with Gasteiger partial charge in [0, 0.05) is 6.07 Å². The molecule has 0 aromatic carbocycles. The number of methoxy groups -OCH3 is 2. The molecule has 0 spiro atoms. The maximum Gasteiger partial charge on any atom is 0.436 e. The van der Waals surface area contributed by atoms with Crippen LogP contribution in [-0.4, -0.2) is 47.9 Å². The fraction of sp³-hybridized carbons (Fsp3) is 0.500. The summed E-state index contributed by atoms with van der Waals surface area (Å²) in [5.74, 6) is -0.0520. The zero-order valence-electron chi connectivity index (χ0n) is 12.5. The predicted octanol–water partition coefficient (Wildman–Crippen LogP) is 1.14. The summed E-state index contributed by atoms with van der Waals surface area (Å²) in [7, 11) is 2.29. The molecule has 10 nitrogen and oxygen atoms in total. The number of aromatic nitrogens is 2. The van der Waals surface area contributed by atoms with Crippen LogP contribution in [0, 0.1) is 0 Å². The molecule has 0 saturated carbocycles. The van der Waals surface area contributed by atoms with E-state index >= 15 is 0 Å². The molecular formula is C12H18N4O6. The number of unbranched alkanes of at least 4 members (excludes halogenated alkanes) is 1. The van der Waals surface area contributed by atoms with E-state index in [9.17, 15) is 14.8 Å². The third-order valence-electron chi connectivity index (χ3n) is 2.42. The Bertz CT molecular complexity index is 598. The lowest BCUT2D eigenvalue weighted by Gasteiger charge is -2.11. The summed E-state index contributed by atoms with van der Waals surface area (Å²) < 4.78 is 14.6. The highest BCUT2D eigenvalue weighted by Crippen LogP contribution is 2.12. The van der Waals surface area contributed by atoms with E-state index in [0.717, 1.165) is 27.1 Å². The van der Waals surface area contributed by atoms with Crippen molar-refractivity contribution in [1.29, 1.82) is 0 Å². The molecule has 0 radical (unpaired) electrons. The minimum absolute atomic E-state index is 0.0767. The first-order valence-electron chi connectivity index (χ1n) is 6.45. The molecule has 0 saturated heterocycles. The summed E-state index contributed by atoms with van der Waals surface area (Å²) in [4.78, 5) is 29.7. The maximum atomic E-state index is 11.3. The van der Waals surface area contributed by atoms with Crippen LogP contribution >= 0.6 is 0 Å². The van der Waals surface area contributed by atoms with Gasteiger partial charge >= 0.3 is 12.2 Å². The van der Waals surface area contributed by atoms with Gasteiger partial charge in [0.2, 0.25) is 5.88 Å². The van der Waals surface area contributed by atoms with Crippen molar-refractivity contribution >= 4 is 18.0 Å². The van der Waals surface area contributed by atoms with Gasteiger partial charge in [0.05, 0.1) is 20.8 Å². The highest BCUT2D eigenvalue weighted by molar-refractivity contribution is 5.83. The Hall–Kier alpha value is -2.78. The molecule has 1 rings (SSSR count). The van der Waals surface area contributed by atoms with Gasteiger partial charge in [-0.05, 0) is 6.42 Å². The zero-order chi connectivity index (χ0) is 16.5. The molecular weight excluding hydrogens is 296 g/mol. The monoisotopic (exact) mass is 314 g/mol. The molecule has 1 aromatic rings. The normalized spacial score (nSPS) is 11.0. The number of amides is 2. The quantitative estimate of drug-likeness (QED) is 0.617. The molecule has 22 heavy (non-hydrogen) atoms. The number of nitrogens with zero attached hydrogens (tertiary/aromatic N) is 3. The van der Waals surface area contributed by atoms with Gasteiger partial charge in [0.15, 0.2) is 5.82 Å². The van der Waals surface area contributed by atoms with Gasteiger partial charge in [0.1, 0.15) is 0 Å². The number of rotatable bonds is 5. The lowest BCUT2D eigenvalue weighted by atomic mass is 10.4. The summed E-state index contributed by atoms with van der Waals surface area (Å²) >= 11 is 0. The third-order valence-corrected chi connectivity index (χ3v) is 2.42. The first-order valence-corrected chi connectivity index (χ1v) is 6.45. The van der Waals surface area contributed by atoms with Gasteiger partial charge in [0.25, 0.3) is 5.62 Å².